The lowest BCUT2D eigenvalue weighted by atomic mass is 10.1. The summed E-state index contributed by atoms with van der Waals surface area (Å²) in [6.45, 7) is 1.78. The number of rotatable bonds is 3. The SMILES string of the molecule is COc1n[nH]c(NC(=O)c2cccc(Cl)c2C)n1. The normalized spacial score (nSPS) is 10.2. The van der Waals surface area contributed by atoms with Gasteiger partial charge in [0, 0.05) is 10.6 Å². The highest BCUT2D eigenvalue weighted by Crippen LogP contribution is 2.19. The van der Waals surface area contributed by atoms with Gasteiger partial charge in [0.25, 0.3) is 5.91 Å². The second kappa shape index (κ2) is 5.05. The summed E-state index contributed by atoms with van der Waals surface area (Å²) in [5.41, 5.74) is 1.20. The predicted octanol–water partition coefficient (Wildman–Crippen LogP) is 2.03. The van der Waals surface area contributed by atoms with Crippen molar-refractivity contribution < 1.29 is 9.53 Å². The van der Waals surface area contributed by atoms with Gasteiger partial charge in [-0.2, -0.15) is 4.98 Å². The first kappa shape index (κ1) is 12.4. The van der Waals surface area contributed by atoms with Crippen LogP contribution in [0.1, 0.15) is 15.9 Å². The van der Waals surface area contributed by atoms with E-state index in [9.17, 15) is 4.79 Å². The number of nitrogens with one attached hydrogen (secondary N) is 2. The summed E-state index contributed by atoms with van der Waals surface area (Å²) in [5, 5.41) is 9.38. The van der Waals surface area contributed by atoms with Gasteiger partial charge in [-0.05, 0) is 24.6 Å². The molecular weight excluding hydrogens is 256 g/mol. The number of hydrogen-bond acceptors (Lipinski definition) is 4. The van der Waals surface area contributed by atoms with Crippen LogP contribution in [0.2, 0.25) is 5.02 Å². The number of ether oxygens (including phenoxy) is 1. The molecule has 1 aromatic carbocycles. The van der Waals surface area contributed by atoms with E-state index in [1.165, 1.54) is 7.11 Å². The molecule has 0 fully saturated rings. The van der Waals surface area contributed by atoms with Gasteiger partial charge in [0.05, 0.1) is 7.11 Å². The topological polar surface area (TPSA) is 79.9 Å². The molecule has 2 aromatic rings. The number of aromatic amines is 1. The zero-order valence-electron chi connectivity index (χ0n) is 9.82. The van der Waals surface area contributed by atoms with Crippen LogP contribution in [-0.4, -0.2) is 28.2 Å². The first-order valence-corrected chi connectivity index (χ1v) is 5.52. The molecule has 0 atom stereocenters. The van der Waals surface area contributed by atoms with Crippen molar-refractivity contribution in [2.45, 2.75) is 6.92 Å². The Morgan fingerprint density at radius 2 is 2.28 bits per heavy atom. The average Bonchev–Trinajstić information content (AvgIpc) is 2.80. The lowest BCUT2D eigenvalue weighted by Crippen LogP contribution is -2.14. The van der Waals surface area contributed by atoms with Gasteiger partial charge in [0.15, 0.2) is 0 Å². The zero-order valence-corrected chi connectivity index (χ0v) is 10.6. The summed E-state index contributed by atoms with van der Waals surface area (Å²) in [5.74, 6) is -0.0926. The van der Waals surface area contributed by atoms with E-state index in [0.717, 1.165) is 0 Å². The van der Waals surface area contributed by atoms with E-state index in [1.807, 2.05) is 0 Å². The van der Waals surface area contributed by atoms with Crippen molar-refractivity contribution in [2.75, 3.05) is 12.4 Å². The van der Waals surface area contributed by atoms with Gasteiger partial charge in [-0.25, -0.2) is 5.10 Å². The smallest absolute Gasteiger partial charge is 0.336 e. The summed E-state index contributed by atoms with van der Waals surface area (Å²) >= 11 is 5.95. The molecule has 1 heterocycles. The van der Waals surface area contributed by atoms with Gasteiger partial charge < -0.3 is 4.74 Å². The van der Waals surface area contributed by atoms with Gasteiger partial charge in [-0.3, -0.25) is 10.1 Å². The Balaban J connectivity index is 2.19. The third-order valence-electron chi connectivity index (χ3n) is 2.39. The predicted molar refractivity (Wildman–Crippen MR) is 67.1 cm³/mol. The second-order valence-corrected chi connectivity index (χ2v) is 3.94. The van der Waals surface area contributed by atoms with Crippen molar-refractivity contribution in [2.24, 2.45) is 0 Å². The van der Waals surface area contributed by atoms with E-state index in [2.05, 4.69) is 20.5 Å². The van der Waals surface area contributed by atoms with E-state index in [1.54, 1.807) is 25.1 Å². The number of hydrogen-bond donors (Lipinski definition) is 2. The minimum atomic E-state index is -0.311. The summed E-state index contributed by atoms with van der Waals surface area (Å²) < 4.78 is 4.80. The number of aromatic nitrogens is 3. The minimum absolute atomic E-state index is 0.160. The minimum Gasteiger partial charge on any atom is -0.466 e. The molecule has 0 aliphatic rings. The Kier molecular flexibility index (Phi) is 3.47. The number of carbonyl (C=O) groups is 1. The van der Waals surface area contributed by atoms with Crippen LogP contribution in [0.3, 0.4) is 0 Å². The zero-order chi connectivity index (χ0) is 13.1. The van der Waals surface area contributed by atoms with Crippen LogP contribution in [0.15, 0.2) is 18.2 Å². The van der Waals surface area contributed by atoms with Crippen LogP contribution in [0.25, 0.3) is 0 Å². The molecule has 0 unspecified atom stereocenters. The third kappa shape index (κ3) is 2.43. The fraction of sp³-hybridized carbons (Fsp3) is 0.182. The molecule has 0 saturated heterocycles. The number of amides is 1. The first-order chi connectivity index (χ1) is 8.61. The molecule has 94 valence electrons. The van der Waals surface area contributed by atoms with Crippen LogP contribution < -0.4 is 10.1 Å². The van der Waals surface area contributed by atoms with Crippen molar-refractivity contribution >= 4 is 23.5 Å². The maximum absolute atomic E-state index is 12.0. The van der Waals surface area contributed by atoms with Crippen molar-refractivity contribution in [3.05, 3.63) is 34.3 Å². The molecule has 0 spiro atoms. The molecule has 2 rings (SSSR count). The number of anilines is 1. The number of carbonyl (C=O) groups excluding carboxylic acids is 1. The molecule has 0 bridgehead atoms. The molecule has 0 saturated carbocycles. The third-order valence-corrected chi connectivity index (χ3v) is 2.80. The lowest BCUT2D eigenvalue weighted by molar-refractivity contribution is 0.102. The van der Waals surface area contributed by atoms with Crippen LogP contribution >= 0.6 is 11.6 Å². The van der Waals surface area contributed by atoms with Crippen LogP contribution in [0.5, 0.6) is 6.01 Å². The van der Waals surface area contributed by atoms with E-state index >= 15 is 0 Å². The second-order valence-electron chi connectivity index (χ2n) is 3.54. The van der Waals surface area contributed by atoms with E-state index in [0.29, 0.717) is 16.1 Å². The van der Waals surface area contributed by atoms with Crippen LogP contribution in [0.4, 0.5) is 5.95 Å². The first-order valence-electron chi connectivity index (χ1n) is 5.14. The Bertz CT molecular complexity index is 582. The monoisotopic (exact) mass is 266 g/mol. The van der Waals surface area contributed by atoms with Gasteiger partial charge in [-0.1, -0.05) is 17.7 Å². The highest BCUT2D eigenvalue weighted by molar-refractivity contribution is 6.32. The lowest BCUT2D eigenvalue weighted by Gasteiger charge is -2.06. The van der Waals surface area contributed by atoms with Crippen molar-refractivity contribution in [3.63, 3.8) is 0 Å². The standard InChI is InChI=1S/C11H11ClN4O2/c1-6-7(4-3-5-8(6)12)9(17)13-10-14-11(18-2)16-15-10/h3-5H,1-2H3,(H2,13,14,15,16,17). The number of nitrogens with zero attached hydrogens (tertiary/aromatic N) is 2. The van der Waals surface area contributed by atoms with Gasteiger partial charge >= 0.3 is 6.01 Å². The summed E-state index contributed by atoms with van der Waals surface area (Å²) in [6, 6.07) is 5.29. The van der Waals surface area contributed by atoms with Gasteiger partial charge in [0.1, 0.15) is 0 Å². The maximum Gasteiger partial charge on any atom is 0.336 e. The molecule has 18 heavy (non-hydrogen) atoms. The van der Waals surface area contributed by atoms with Crippen LogP contribution in [-0.2, 0) is 0 Å². The number of H-pyrrole nitrogens is 1. The Morgan fingerprint density at radius 1 is 1.50 bits per heavy atom. The van der Waals surface area contributed by atoms with E-state index < -0.39 is 0 Å². The number of halogens is 1. The molecule has 0 radical (unpaired) electrons. The molecule has 6 nitrogen and oxygen atoms in total. The quantitative estimate of drug-likeness (QED) is 0.891. The van der Waals surface area contributed by atoms with Crippen molar-refractivity contribution in [3.8, 4) is 6.01 Å². The molecule has 0 aliphatic carbocycles. The highest BCUT2D eigenvalue weighted by Gasteiger charge is 2.13. The largest absolute Gasteiger partial charge is 0.466 e. The summed E-state index contributed by atoms with van der Waals surface area (Å²) in [6.07, 6.45) is 0. The van der Waals surface area contributed by atoms with E-state index in [-0.39, 0.29) is 17.9 Å². The molecule has 2 N–H and O–H groups in total. The number of benzene rings is 1. The highest BCUT2D eigenvalue weighted by atomic mass is 35.5. The molecule has 1 amide bonds. The fourth-order valence-corrected chi connectivity index (χ4v) is 1.60. The van der Waals surface area contributed by atoms with Crippen molar-refractivity contribution in [1.82, 2.24) is 15.2 Å². The maximum atomic E-state index is 12.0. The molecule has 1 aromatic heterocycles. The summed E-state index contributed by atoms with van der Waals surface area (Å²) in [7, 11) is 1.44. The molecular formula is C11H11ClN4O2. The Hall–Kier alpha value is -2.08. The average molecular weight is 267 g/mol. The van der Waals surface area contributed by atoms with Crippen molar-refractivity contribution in [1.29, 1.82) is 0 Å². The van der Waals surface area contributed by atoms with Gasteiger partial charge in [0.2, 0.25) is 5.95 Å². The van der Waals surface area contributed by atoms with Gasteiger partial charge in [-0.15, -0.1) is 5.10 Å². The molecule has 7 heteroatoms. The Labute approximate surface area is 108 Å². The fourth-order valence-electron chi connectivity index (χ4n) is 1.42. The van der Waals surface area contributed by atoms with Crippen LogP contribution in [0, 0.1) is 6.92 Å². The van der Waals surface area contributed by atoms with E-state index in [4.69, 9.17) is 16.3 Å². The summed E-state index contributed by atoms with van der Waals surface area (Å²) in [4.78, 5) is 15.9. The number of methoxy groups -OCH3 is 1. The Morgan fingerprint density at radius 3 is 2.94 bits per heavy atom. The molecule has 0 aliphatic heterocycles.